The molecular formula is C25H20N2O2. The summed E-state index contributed by atoms with van der Waals surface area (Å²) in [5.74, 6) is -0.299. The van der Waals surface area contributed by atoms with Crippen LogP contribution in [0.15, 0.2) is 90.5 Å². The minimum absolute atomic E-state index is 0.0932. The zero-order valence-corrected chi connectivity index (χ0v) is 15.8. The average molecular weight is 380 g/mol. The topological polar surface area (TPSA) is 58.2 Å². The van der Waals surface area contributed by atoms with E-state index in [4.69, 9.17) is 0 Å². The molecule has 2 N–H and O–H groups in total. The van der Waals surface area contributed by atoms with E-state index in [0.29, 0.717) is 12.0 Å². The van der Waals surface area contributed by atoms with E-state index in [9.17, 15) is 9.59 Å². The fourth-order valence-electron chi connectivity index (χ4n) is 3.25. The highest BCUT2D eigenvalue weighted by atomic mass is 16.2. The van der Waals surface area contributed by atoms with Gasteiger partial charge in [-0.3, -0.25) is 9.59 Å². The number of para-hydroxylation sites is 2. The smallest absolute Gasteiger partial charge is 0.251 e. The van der Waals surface area contributed by atoms with E-state index in [0.717, 1.165) is 28.1 Å². The lowest BCUT2D eigenvalue weighted by molar-refractivity contribution is -0.113. The van der Waals surface area contributed by atoms with Crippen molar-refractivity contribution >= 4 is 35.3 Å². The van der Waals surface area contributed by atoms with E-state index in [2.05, 4.69) is 10.6 Å². The zero-order chi connectivity index (χ0) is 20.1. The normalized spacial score (nSPS) is 14.5. The number of hydrogen-bond acceptors (Lipinski definition) is 2. The minimum Gasteiger partial charge on any atom is -0.323 e. The standard InChI is InChI=1S/C25H20N2O2/c28-24(26-22-11-2-1-3-12-22)15-14-18-8-4-5-9-19(18)16-21-17-20-10-6-7-13-23(20)27-25(21)29/h1-16H,17H2,(H,26,28)(H,27,29)/b15-14+,21-16+. The number of nitrogens with one attached hydrogen (secondary N) is 2. The quantitative estimate of drug-likeness (QED) is 0.632. The van der Waals surface area contributed by atoms with Crippen molar-refractivity contribution in [3.63, 3.8) is 0 Å². The number of anilines is 2. The molecule has 0 unspecified atom stereocenters. The fourth-order valence-corrected chi connectivity index (χ4v) is 3.25. The number of benzene rings is 3. The summed E-state index contributed by atoms with van der Waals surface area (Å²) in [6.07, 6.45) is 5.73. The van der Waals surface area contributed by atoms with Crippen molar-refractivity contribution in [2.24, 2.45) is 0 Å². The van der Waals surface area contributed by atoms with Crippen LogP contribution in [0.5, 0.6) is 0 Å². The Kier molecular flexibility index (Phi) is 5.34. The third-order valence-corrected chi connectivity index (χ3v) is 4.72. The average Bonchev–Trinajstić information content (AvgIpc) is 2.74. The molecular weight excluding hydrogens is 360 g/mol. The molecule has 2 amide bonds. The Morgan fingerprint density at radius 3 is 2.38 bits per heavy atom. The lowest BCUT2D eigenvalue weighted by Gasteiger charge is -2.19. The molecule has 0 aliphatic carbocycles. The maximum Gasteiger partial charge on any atom is 0.251 e. The first kappa shape index (κ1) is 18.4. The summed E-state index contributed by atoms with van der Waals surface area (Å²) in [7, 11) is 0. The lowest BCUT2D eigenvalue weighted by atomic mass is 9.95. The van der Waals surface area contributed by atoms with E-state index < -0.39 is 0 Å². The van der Waals surface area contributed by atoms with Crippen LogP contribution in [0, 0.1) is 0 Å². The summed E-state index contributed by atoms with van der Waals surface area (Å²) in [4.78, 5) is 24.7. The predicted molar refractivity (Wildman–Crippen MR) is 117 cm³/mol. The van der Waals surface area contributed by atoms with Crippen LogP contribution < -0.4 is 10.6 Å². The molecule has 0 bridgehead atoms. The second-order valence-corrected chi connectivity index (χ2v) is 6.78. The highest BCUT2D eigenvalue weighted by molar-refractivity contribution is 6.10. The van der Waals surface area contributed by atoms with Crippen molar-refractivity contribution in [2.75, 3.05) is 10.6 Å². The molecule has 0 spiro atoms. The summed E-state index contributed by atoms with van der Waals surface area (Å²) in [5, 5.41) is 5.76. The molecule has 1 heterocycles. The van der Waals surface area contributed by atoms with E-state index in [-0.39, 0.29) is 11.8 Å². The van der Waals surface area contributed by atoms with Crippen LogP contribution in [0.25, 0.3) is 12.2 Å². The number of rotatable bonds is 4. The van der Waals surface area contributed by atoms with Gasteiger partial charge < -0.3 is 10.6 Å². The first-order valence-corrected chi connectivity index (χ1v) is 9.42. The van der Waals surface area contributed by atoms with Gasteiger partial charge in [0.25, 0.3) is 5.91 Å². The SMILES string of the molecule is O=C(/C=C/c1ccccc1/C=C1\Cc2ccccc2NC1=O)Nc1ccccc1. The summed E-state index contributed by atoms with van der Waals surface area (Å²) in [6.45, 7) is 0. The third kappa shape index (κ3) is 4.50. The molecule has 1 aliphatic heterocycles. The summed E-state index contributed by atoms with van der Waals surface area (Å²) in [6, 6.07) is 24.8. The molecule has 4 nitrogen and oxygen atoms in total. The Labute approximate surface area is 169 Å². The van der Waals surface area contributed by atoms with Crippen LogP contribution in [0.4, 0.5) is 11.4 Å². The Morgan fingerprint density at radius 1 is 0.862 bits per heavy atom. The first-order chi connectivity index (χ1) is 14.2. The van der Waals surface area contributed by atoms with Gasteiger partial charge in [-0.15, -0.1) is 0 Å². The van der Waals surface area contributed by atoms with Gasteiger partial charge in [0.2, 0.25) is 5.91 Å². The zero-order valence-electron chi connectivity index (χ0n) is 15.8. The van der Waals surface area contributed by atoms with Crippen molar-refractivity contribution < 1.29 is 9.59 Å². The molecule has 142 valence electrons. The molecule has 29 heavy (non-hydrogen) atoms. The van der Waals surface area contributed by atoms with Gasteiger partial charge in [0.1, 0.15) is 0 Å². The van der Waals surface area contributed by atoms with E-state index >= 15 is 0 Å². The van der Waals surface area contributed by atoms with Crippen molar-refractivity contribution in [1.29, 1.82) is 0 Å². The Balaban J connectivity index is 1.55. The lowest BCUT2D eigenvalue weighted by Crippen LogP contribution is -2.22. The number of carbonyl (C=O) groups excluding carboxylic acids is 2. The van der Waals surface area contributed by atoms with Crippen LogP contribution in [-0.4, -0.2) is 11.8 Å². The monoisotopic (exact) mass is 380 g/mol. The molecule has 0 aromatic heterocycles. The van der Waals surface area contributed by atoms with Crippen molar-refractivity contribution in [3.05, 3.63) is 107 Å². The molecule has 0 saturated carbocycles. The van der Waals surface area contributed by atoms with Gasteiger partial charge in [0.15, 0.2) is 0 Å². The largest absolute Gasteiger partial charge is 0.323 e. The van der Waals surface area contributed by atoms with Gasteiger partial charge in [-0.1, -0.05) is 60.7 Å². The molecule has 4 heteroatoms. The van der Waals surface area contributed by atoms with Crippen LogP contribution in [0.2, 0.25) is 0 Å². The van der Waals surface area contributed by atoms with Gasteiger partial charge in [0.05, 0.1) is 0 Å². The Morgan fingerprint density at radius 2 is 1.55 bits per heavy atom. The molecule has 0 atom stereocenters. The van der Waals surface area contributed by atoms with Gasteiger partial charge in [0, 0.05) is 29.4 Å². The van der Waals surface area contributed by atoms with Gasteiger partial charge in [-0.2, -0.15) is 0 Å². The van der Waals surface area contributed by atoms with Crippen molar-refractivity contribution in [2.45, 2.75) is 6.42 Å². The third-order valence-electron chi connectivity index (χ3n) is 4.72. The highest BCUT2D eigenvalue weighted by Gasteiger charge is 2.19. The van der Waals surface area contributed by atoms with Gasteiger partial charge in [-0.05, 0) is 47.0 Å². The highest BCUT2D eigenvalue weighted by Crippen LogP contribution is 2.26. The van der Waals surface area contributed by atoms with E-state index in [1.54, 1.807) is 6.08 Å². The summed E-state index contributed by atoms with van der Waals surface area (Å²) < 4.78 is 0. The molecule has 3 aromatic carbocycles. The minimum atomic E-state index is -0.206. The molecule has 1 aliphatic rings. The predicted octanol–water partition coefficient (Wildman–Crippen LogP) is 4.92. The maximum atomic E-state index is 12.5. The fraction of sp³-hybridized carbons (Fsp3) is 0.0400. The number of fused-ring (bicyclic) bond motifs is 1. The number of hydrogen-bond donors (Lipinski definition) is 2. The van der Waals surface area contributed by atoms with Crippen molar-refractivity contribution in [3.8, 4) is 0 Å². The molecule has 0 radical (unpaired) electrons. The molecule has 0 fully saturated rings. The van der Waals surface area contributed by atoms with Crippen LogP contribution >= 0.6 is 0 Å². The molecule has 4 rings (SSSR count). The molecule has 0 saturated heterocycles. The van der Waals surface area contributed by atoms with Gasteiger partial charge in [-0.25, -0.2) is 0 Å². The summed E-state index contributed by atoms with van der Waals surface area (Å²) >= 11 is 0. The van der Waals surface area contributed by atoms with E-state index in [1.165, 1.54) is 6.08 Å². The first-order valence-electron chi connectivity index (χ1n) is 9.42. The maximum absolute atomic E-state index is 12.5. The van der Waals surface area contributed by atoms with Crippen LogP contribution in [0.1, 0.15) is 16.7 Å². The number of amides is 2. The second-order valence-electron chi connectivity index (χ2n) is 6.78. The second kappa shape index (κ2) is 8.40. The Bertz CT molecular complexity index is 1110. The van der Waals surface area contributed by atoms with Crippen LogP contribution in [0.3, 0.4) is 0 Å². The van der Waals surface area contributed by atoms with Gasteiger partial charge >= 0.3 is 0 Å². The summed E-state index contributed by atoms with van der Waals surface area (Å²) in [5.41, 5.74) is 5.15. The van der Waals surface area contributed by atoms with E-state index in [1.807, 2.05) is 84.9 Å². The Hall–Kier alpha value is -3.92. The van der Waals surface area contributed by atoms with Crippen LogP contribution in [-0.2, 0) is 16.0 Å². The van der Waals surface area contributed by atoms with Crippen molar-refractivity contribution in [1.82, 2.24) is 0 Å². The number of carbonyl (C=O) groups is 2. The molecule has 3 aromatic rings.